The summed E-state index contributed by atoms with van der Waals surface area (Å²) in [6.07, 6.45) is 0. The Morgan fingerprint density at radius 2 is 1.82 bits per heavy atom. The number of nitrogens with one attached hydrogen (secondary N) is 2. The summed E-state index contributed by atoms with van der Waals surface area (Å²) in [7, 11) is 0. The minimum absolute atomic E-state index is 0.0521. The van der Waals surface area contributed by atoms with Crippen LogP contribution in [0.1, 0.15) is 5.56 Å². The van der Waals surface area contributed by atoms with Gasteiger partial charge in [0.15, 0.2) is 0 Å². The number of carbonyl (C=O) groups excluding carboxylic acids is 2. The number of nitro benzene ring substituents is 1. The van der Waals surface area contributed by atoms with E-state index in [0.29, 0.717) is 31.3 Å². The van der Waals surface area contributed by atoms with Gasteiger partial charge in [0.05, 0.1) is 0 Å². The van der Waals surface area contributed by atoms with Crippen LogP contribution >= 0.6 is 0 Å². The van der Waals surface area contributed by atoms with Crippen LogP contribution in [0.15, 0.2) is 24.3 Å². The van der Waals surface area contributed by atoms with Crippen LogP contribution < -0.4 is 10.6 Å². The van der Waals surface area contributed by atoms with Gasteiger partial charge in [-0.15, -0.1) is 0 Å². The molecule has 7 nitrogen and oxygen atoms in total. The number of hydrogen-bond donors (Lipinski definition) is 2. The normalized spacial score (nSPS) is 23.1. The van der Waals surface area contributed by atoms with E-state index in [1.54, 1.807) is 0 Å². The summed E-state index contributed by atoms with van der Waals surface area (Å²) in [5.41, 5.74) is 0.502. The van der Waals surface area contributed by atoms with E-state index in [4.69, 9.17) is 0 Å². The summed E-state index contributed by atoms with van der Waals surface area (Å²) < 4.78 is -1.04. The second-order valence-corrected chi connectivity index (χ2v) is 6.38. The van der Waals surface area contributed by atoms with Gasteiger partial charge in [0.25, 0.3) is 0 Å². The number of carbonyl (C=O) groups is 2. The molecule has 1 aliphatic heterocycles. The predicted molar refractivity (Wildman–Crippen MR) is 57.2 cm³/mol. The van der Waals surface area contributed by atoms with Crippen molar-refractivity contribution in [3.05, 3.63) is 39.9 Å². The number of amides is 3. The summed E-state index contributed by atoms with van der Waals surface area (Å²) in [6, 6.07) is 5.05. The molecule has 1 fully saturated rings. The zero-order chi connectivity index (χ0) is 12.6. The number of nitrogens with zero attached hydrogens (tertiary/aromatic N) is 1. The predicted octanol–water partition coefficient (Wildman–Crippen LogP) is -0.245. The Balaban J connectivity index is 2.37. The van der Waals surface area contributed by atoms with Gasteiger partial charge in [-0.2, -0.15) is 0 Å². The van der Waals surface area contributed by atoms with Crippen molar-refractivity contribution >= 4 is 43.4 Å². The van der Waals surface area contributed by atoms with E-state index in [9.17, 15) is 19.7 Å². The van der Waals surface area contributed by atoms with E-state index in [2.05, 4.69) is 10.6 Å². The van der Waals surface area contributed by atoms with Gasteiger partial charge in [0.1, 0.15) is 0 Å². The number of urea groups is 1. The molecule has 0 aromatic heterocycles. The molecule has 17 heavy (non-hydrogen) atoms. The van der Waals surface area contributed by atoms with E-state index in [-0.39, 0.29) is 5.69 Å². The summed E-state index contributed by atoms with van der Waals surface area (Å²) in [5.74, 6) is -0.414. The Bertz CT molecular complexity index is 515. The Kier molecular flexibility index (Phi) is 2.85. The molecule has 1 atom stereocenters. The fourth-order valence-corrected chi connectivity index (χ4v) is 2.82. The number of benzene rings is 1. The molecule has 1 unspecified atom stereocenters. The Labute approximate surface area is 111 Å². The fraction of sp³-hybridized carbons (Fsp3) is 0.111. The van der Waals surface area contributed by atoms with Gasteiger partial charge in [-0.25, -0.2) is 0 Å². The first-order chi connectivity index (χ1) is 7.93. The molecule has 1 aliphatic rings. The second kappa shape index (κ2) is 4.05. The molecule has 0 bridgehead atoms. The minimum atomic E-state index is -1.04. The van der Waals surface area contributed by atoms with Crippen molar-refractivity contribution in [2.75, 3.05) is 0 Å². The number of non-ortho nitro benzene ring substituents is 1. The van der Waals surface area contributed by atoms with Gasteiger partial charge < -0.3 is 0 Å². The standard InChI is InChI=1S/C9H6N3O4.Pb/c13-8-7(10-9(14)11-8)5-1-3-6(4-2-5)12(15)16;/h1-4H,(H2,10,11,13,14);. The summed E-state index contributed by atoms with van der Waals surface area (Å²) in [6.45, 7) is 0. The van der Waals surface area contributed by atoms with E-state index < -0.39 is 20.0 Å². The number of imide groups is 1. The number of hydrogen-bond acceptors (Lipinski definition) is 4. The van der Waals surface area contributed by atoms with Crippen molar-refractivity contribution in [2.45, 2.75) is 3.10 Å². The quantitative estimate of drug-likeness (QED) is 0.294. The van der Waals surface area contributed by atoms with E-state index in [1.165, 1.54) is 24.3 Å². The van der Waals surface area contributed by atoms with Crippen molar-refractivity contribution in [1.29, 1.82) is 0 Å². The van der Waals surface area contributed by atoms with Gasteiger partial charge in [0, 0.05) is 0 Å². The van der Waals surface area contributed by atoms with Crippen LogP contribution in [-0.2, 0) is 7.89 Å². The first-order valence-electron chi connectivity index (χ1n) is 4.57. The average molecular weight is 427 g/mol. The van der Waals surface area contributed by atoms with Gasteiger partial charge in [0.2, 0.25) is 0 Å². The monoisotopic (exact) mass is 428 g/mol. The van der Waals surface area contributed by atoms with Gasteiger partial charge >= 0.3 is 112 Å². The number of nitro groups is 1. The molecule has 0 spiro atoms. The van der Waals surface area contributed by atoms with E-state index >= 15 is 0 Å². The van der Waals surface area contributed by atoms with Crippen LogP contribution in [0.4, 0.5) is 10.5 Å². The van der Waals surface area contributed by atoms with Crippen molar-refractivity contribution in [2.24, 2.45) is 0 Å². The molecule has 0 aliphatic carbocycles. The van der Waals surface area contributed by atoms with E-state index in [0.717, 1.165) is 0 Å². The summed E-state index contributed by atoms with van der Waals surface area (Å²) in [4.78, 5) is 32.7. The maximum absolute atomic E-state index is 11.6. The molecule has 2 N–H and O–H groups in total. The summed E-state index contributed by atoms with van der Waals surface area (Å²) in [5, 5.41) is 15.2. The van der Waals surface area contributed by atoms with Crippen LogP contribution in [0.2, 0.25) is 0 Å². The molecule has 3 radical (unpaired) electrons. The van der Waals surface area contributed by atoms with Crippen LogP contribution in [0.25, 0.3) is 0 Å². The van der Waals surface area contributed by atoms with Crippen LogP contribution in [0, 0.1) is 10.1 Å². The van der Waals surface area contributed by atoms with Crippen LogP contribution in [0.5, 0.6) is 0 Å². The van der Waals surface area contributed by atoms with Crippen LogP contribution in [0.3, 0.4) is 0 Å². The molecule has 1 heterocycles. The van der Waals surface area contributed by atoms with Crippen molar-refractivity contribution in [3.63, 3.8) is 0 Å². The molecule has 0 saturated carbocycles. The first-order valence-corrected chi connectivity index (χ1v) is 6.51. The molecular formula is C9H6N3O4Pb. The molecular weight excluding hydrogens is 421 g/mol. The Morgan fingerprint density at radius 3 is 2.24 bits per heavy atom. The molecule has 3 amide bonds. The third kappa shape index (κ3) is 2.01. The topological polar surface area (TPSA) is 101 Å². The van der Waals surface area contributed by atoms with Crippen molar-refractivity contribution < 1.29 is 14.5 Å². The second-order valence-electron chi connectivity index (χ2n) is 3.46. The number of rotatable bonds is 2. The molecule has 1 aromatic rings. The van der Waals surface area contributed by atoms with Gasteiger partial charge in [-0.1, -0.05) is 0 Å². The Hall–Kier alpha value is -1.52. The molecule has 8 heteroatoms. The van der Waals surface area contributed by atoms with Gasteiger partial charge in [-0.05, 0) is 0 Å². The van der Waals surface area contributed by atoms with Gasteiger partial charge in [-0.3, -0.25) is 0 Å². The molecule has 85 valence electrons. The van der Waals surface area contributed by atoms with Crippen molar-refractivity contribution in [3.8, 4) is 0 Å². The summed E-state index contributed by atoms with van der Waals surface area (Å²) >= 11 is 0.372. The molecule has 2 rings (SSSR count). The SMILES string of the molecule is O=C1NC(=O)[C]([Pb])(c2ccc([N+](=O)[O-])cc2)N1. The van der Waals surface area contributed by atoms with Crippen LogP contribution in [-0.4, -0.2) is 42.6 Å². The Morgan fingerprint density at radius 1 is 1.24 bits per heavy atom. The fourth-order valence-electron chi connectivity index (χ4n) is 1.49. The third-order valence-corrected chi connectivity index (χ3v) is 4.87. The van der Waals surface area contributed by atoms with Crippen molar-refractivity contribution in [1.82, 2.24) is 10.6 Å². The maximum atomic E-state index is 11.6. The molecule has 1 saturated heterocycles. The average Bonchev–Trinajstić information content (AvgIpc) is 2.54. The third-order valence-electron chi connectivity index (χ3n) is 2.38. The zero-order valence-corrected chi connectivity index (χ0v) is 12.3. The zero-order valence-electron chi connectivity index (χ0n) is 8.39. The first kappa shape index (κ1) is 12.0. The van der Waals surface area contributed by atoms with E-state index in [1.807, 2.05) is 0 Å². The molecule has 1 aromatic carbocycles.